The Morgan fingerprint density at radius 1 is 1.44 bits per heavy atom. The van der Waals surface area contributed by atoms with Gasteiger partial charge in [-0.3, -0.25) is 5.41 Å². The fourth-order valence-electron chi connectivity index (χ4n) is 1.20. The lowest BCUT2D eigenvalue weighted by molar-refractivity contribution is 0.286. The molecule has 1 heterocycles. The second kappa shape index (κ2) is 6.05. The van der Waals surface area contributed by atoms with Gasteiger partial charge in [-0.05, 0) is 18.8 Å². The van der Waals surface area contributed by atoms with Crippen LogP contribution in [0.3, 0.4) is 0 Å². The summed E-state index contributed by atoms with van der Waals surface area (Å²) in [6.45, 7) is 5.01. The summed E-state index contributed by atoms with van der Waals surface area (Å²) in [6.07, 6.45) is 5.08. The summed E-state index contributed by atoms with van der Waals surface area (Å²) in [5.41, 5.74) is 5.63. The van der Waals surface area contributed by atoms with Gasteiger partial charge in [0.1, 0.15) is 11.5 Å². The second-order valence-electron chi connectivity index (χ2n) is 4.04. The second-order valence-corrected chi connectivity index (χ2v) is 4.04. The zero-order valence-corrected chi connectivity index (χ0v) is 9.73. The van der Waals surface area contributed by atoms with Crippen molar-refractivity contribution in [3.8, 4) is 5.88 Å². The molecule has 0 aliphatic rings. The fraction of sp³-hybridized carbons (Fsp3) is 0.545. The average molecular weight is 222 g/mol. The molecular formula is C11H18N4O. The minimum absolute atomic E-state index is 0.0844. The third kappa shape index (κ3) is 4.25. The van der Waals surface area contributed by atoms with Crippen molar-refractivity contribution in [2.45, 2.75) is 26.7 Å². The van der Waals surface area contributed by atoms with Gasteiger partial charge in [-0.2, -0.15) is 0 Å². The Hall–Kier alpha value is -1.65. The van der Waals surface area contributed by atoms with Crippen molar-refractivity contribution in [2.24, 2.45) is 11.7 Å². The Labute approximate surface area is 95.6 Å². The number of nitrogen functional groups attached to an aromatic ring is 1. The first-order valence-electron chi connectivity index (χ1n) is 5.39. The minimum Gasteiger partial charge on any atom is -0.477 e. The molecule has 0 fully saturated rings. The van der Waals surface area contributed by atoms with Gasteiger partial charge in [0, 0.05) is 0 Å². The lowest BCUT2D eigenvalue weighted by Gasteiger charge is -2.06. The number of hydrogen-bond acceptors (Lipinski definition) is 4. The van der Waals surface area contributed by atoms with Gasteiger partial charge in [-0.25, -0.2) is 9.97 Å². The van der Waals surface area contributed by atoms with Crippen LogP contribution in [0.1, 0.15) is 32.4 Å². The van der Waals surface area contributed by atoms with Crippen molar-refractivity contribution in [3.63, 3.8) is 0 Å². The van der Waals surface area contributed by atoms with Gasteiger partial charge < -0.3 is 10.5 Å². The van der Waals surface area contributed by atoms with Crippen molar-refractivity contribution >= 4 is 5.84 Å². The number of hydrogen-bond donors (Lipinski definition) is 2. The molecule has 0 bridgehead atoms. The highest BCUT2D eigenvalue weighted by molar-refractivity contribution is 5.92. The summed E-state index contributed by atoms with van der Waals surface area (Å²) in [6, 6.07) is 0. The monoisotopic (exact) mass is 222 g/mol. The van der Waals surface area contributed by atoms with E-state index in [1.165, 1.54) is 12.4 Å². The number of nitrogens with zero attached hydrogens (tertiary/aromatic N) is 2. The molecule has 1 rings (SSSR count). The molecule has 0 aromatic carbocycles. The molecule has 1 aromatic rings. The Bertz CT molecular complexity index is 334. The van der Waals surface area contributed by atoms with Crippen LogP contribution in [0.15, 0.2) is 12.4 Å². The fourth-order valence-corrected chi connectivity index (χ4v) is 1.20. The van der Waals surface area contributed by atoms with Crippen LogP contribution in [0.25, 0.3) is 0 Å². The zero-order chi connectivity index (χ0) is 12.0. The molecule has 3 N–H and O–H groups in total. The first-order valence-corrected chi connectivity index (χ1v) is 5.39. The predicted octanol–water partition coefficient (Wildman–Crippen LogP) is 1.58. The quantitative estimate of drug-likeness (QED) is 0.434. The maximum atomic E-state index is 7.16. The summed E-state index contributed by atoms with van der Waals surface area (Å²) < 4.78 is 5.41. The van der Waals surface area contributed by atoms with E-state index in [4.69, 9.17) is 15.9 Å². The van der Waals surface area contributed by atoms with Crippen molar-refractivity contribution < 1.29 is 4.74 Å². The van der Waals surface area contributed by atoms with E-state index in [9.17, 15) is 0 Å². The van der Waals surface area contributed by atoms with Gasteiger partial charge in [-0.15, -0.1) is 0 Å². The van der Waals surface area contributed by atoms with E-state index in [0.717, 1.165) is 12.8 Å². The van der Waals surface area contributed by atoms with Crippen LogP contribution in [0, 0.1) is 11.3 Å². The molecule has 0 saturated carbocycles. The van der Waals surface area contributed by atoms with Crippen molar-refractivity contribution in [2.75, 3.05) is 6.61 Å². The summed E-state index contributed by atoms with van der Waals surface area (Å²) in [5.74, 6) is 1.09. The van der Waals surface area contributed by atoms with E-state index in [0.29, 0.717) is 24.1 Å². The Kier molecular flexibility index (Phi) is 4.69. The molecular weight excluding hydrogens is 204 g/mol. The van der Waals surface area contributed by atoms with Crippen LogP contribution in [-0.4, -0.2) is 22.4 Å². The topological polar surface area (TPSA) is 84.9 Å². The molecule has 88 valence electrons. The van der Waals surface area contributed by atoms with E-state index < -0.39 is 0 Å². The zero-order valence-electron chi connectivity index (χ0n) is 9.73. The number of ether oxygens (including phenoxy) is 1. The first-order chi connectivity index (χ1) is 7.59. The number of rotatable bonds is 6. The van der Waals surface area contributed by atoms with Gasteiger partial charge >= 0.3 is 0 Å². The smallest absolute Gasteiger partial charge is 0.232 e. The highest BCUT2D eigenvalue weighted by atomic mass is 16.5. The van der Waals surface area contributed by atoms with Gasteiger partial charge in [-0.1, -0.05) is 13.8 Å². The number of nitrogens with one attached hydrogen (secondary N) is 1. The number of amidine groups is 1. The molecule has 1 aromatic heterocycles. The third-order valence-electron chi connectivity index (χ3n) is 2.08. The van der Waals surface area contributed by atoms with E-state index in [1.54, 1.807) is 0 Å². The minimum atomic E-state index is -0.0844. The Morgan fingerprint density at radius 3 is 2.69 bits per heavy atom. The summed E-state index contributed by atoms with van der Waals surface area (Å²) in [7, 11) is 0. The van der Waals surface area contributed by atoms with Crippen LogP contribution in [0.2, 0.25) is 0 Å². The van der Waals surface area contributed by atoms with E-state index >= 15 is 0 Å². The molecule has 0 unspecified atom stereocenters. The molecule has 0 amide bonds. The maximum absolute atomic E-state index is 7.16. The molecule has 16 heavy (non-hydrogen) atoms. The maximum Gasteiger partial charge on any atom is 0.232 e. The average Bonchev–Trinajstić information content (AvgIpc) is 2.25. The lowest BCUT2D eigenvalue weighted by atomic mass is 10.1. The van der Waals surface area contributed by atoms with Crippen LogP contribution in [0.4, 0.5) is 0 Å². The van der Waals surface area contributed by atoms with Crippen LogP contribution < -0.4 is 10.5 Å². The summed E-state index contributed by atoms with van der Waals surface area (Å²) >= 11 is 0. The van der Waals surface area contributed by atoms with Gasteiger partial charge in [0.2, 0.25) is 5.88 Å². The highest BCUT2D eigenvalue weighted by Crippen LogP contribution is 2.07. The van der Waals surface area contributed by atoms with Crippen molar-refractivity contribution in [1.29, 1.82) is 5.41 Å². The van der Waals surface area contributed by atoms with Crippen LogP contribution in [-0.2, 0) is 0 Å². The van der Waals surface area contributed by atoms with E-state index in [-0.39, 0.29) is 5.84 Å². The van der Waals surface area contributed by atoms with E-state index in [1.807, 2.05) is 0 Å². The summed E-state index contributed by atoms with van der Waals surface area (Å²) in [5, 5.41) is 7.16. The molecule has 0 atom stereocenters. The molecule has 0 radical (unpaired) electrons. The SMILES string of the molecule is CC(C)CCCOc1cnc(C(=N)N)cn1. The standard InChI is InChI=1S/C11H18N4O/c1-8(2)4-3-5-16-10-7-14-9(6-15-10)11(12)13/h6-8H,3-5H2,1-2H3,(H3,12,13). The Morgan fingerprint density at radius 2 is 2.19 bits per heavy atom. The lowest BCUT2D eigenvalue weighted by Crippen LogP contribution is -2.13. The first kappa shape index (κ1) is 12.4. The van der Waals surface area contributed by atoms with Crippen LogP contribution >= 0.6 is 0 Å². The van der Waals surface area contributed by atoms with Crippen molar-refractivity contribution in [3.05, 3.63) is 18.1 Å². The van der Waals surface area contributed by atoms with Gasteiger partial charge in [0.25, 0.3) is 0 Å². The number of aromatic nitrogens is 2. The molecule has 5 nitrogen and oxygen atoms in total. The third-order valence-corrected chi connectivity index (χ3v) is 2.08. The van der Waals surface area contributed by atoms with Crippen molar-refractivity contribution in [1.82, 2.24) is 9.97 Å². The normalized spacial score (nSPS) is 10.4. The molecule has 0 saturated heterocycles. The molecule has 0 aliphatic carbocycles. The molecule has 0 aliphatic heterocycles. The number of nitrogens with two attached hydrogens (primary N) is 1. The highest BCUT2D eigenvalue weighted by Gasteiger charge is 2.01. The van der Waals surface area contributed by atoms with Gasteiger partial charge in [0.15, 0.2) is 0 Å². The molecule has 0 spiro atoms. The predicted molar refractivity (Wildman–Crippen MR) is 62.6 cm³/mol. The summed E-state index contributed by atoms with van der Waals surface area (Å²) in [4.78, 5) is 7.97. The van der Waals surface area contributed by atoms with E-state index in [2.05, 4.69) is 23.8 Å². The largest absolute Gasteiger partial charge is 0.477 e. The Balaban J connectivity index is 2.35. The van der Waals surface area contributed by atoms with Crippen LogP contribution in [0.5, 0.6) is 5.88 Å². The van der Waals surface area contributed by atoms with Gasteiger partial charge in [0.05, 0.1) is 19.0 Å². The molecule has 5 heteroatoms.